The molecule has 3 aromatic rings. The molecule has 0 unspecified atom stereocenters. The van der Waals surface area contributed by atoms with Crippen LogP contribution in [-0.4, -0.2) is 16.0 Å². The molecule has 0 saturated carbocycles. The third-order valence-corrected chi connectivity index (χ3v) is 3.70. The first-order chi connectivity index (χ1) is 11.6. The number of carbonyl (C=O) groups excluding carboxylic acids is 1. The number of aryl methyl sites for hydroxylation is 1. The number of nitrogens with zero attached hydrogens (tertiary/aromatic N) is 2. The predicted molar refractivity (Wildman–Crippen MR) is 91.5 cm³/mol. The van der Waals surface area contributed by atoms with Crippen molar-refractivity contribution < 1.29 is 9.32 Å². The molecular weight excluding hydrogens is 326 g/mol. The summed E-state index contributed by atoms with van der Waals surface area (Å²) in [6, 6.07) is 15.0. The van der Waals surface area contributed by atoms with Gasteiger partial charge in [-0.1, -0.05) is 58.7 Å². The van der Waals surface area contributed by atoms with Crippen LogP contribution >= 0.6 is 11.6 Å². The minimum atomic E-state index is -0.132. The second-order valence-electron chi connectivity index (χ2n) is 5.46. The Morgan fingerprint density at radius 1 is 1.21 bits per heavy atom. The highest BCUT2D eigenvalue weighted by Gasteiger charge is 2.10. The Bertz CT molecular complexity index is 843. The van der Waals surface area contributed by atoms with Crippen molar-refractivity contribution in [3.8, 4) is 11.4 Å². The second-order valence-corrected chi connectivity index (χ2v) is 5.90. The van der Waals surface area contributed by atoms with Crippen molar-refractivity contribution in [3.63, 3.8) is 0 Å². The lowest BCUT2D eigenvalue weighted by atomic mass is 10.1. The molecule has 122 valence electrons. The molecule has 0 bridgehead atoms. The molecular formula is C18H16ClN3O2. The largest absolute Gasteiger partial charge is 0.347 e. The van der Waals surface area contributed by atoms with E-state index in [0.717, 1.165) is 16.7 Å². The summed E-state index contributed by atoms with van der Waals surface area (Å²) in [7, 11) is 0. The zero-order valence-electron chi connectivity index (χ0n) is 13.1. The molecule has 0 atom stereocenters. The summed E-state index contributed by atoms with van der Waals surface area (Å²) in [6.45, 7) is 2.21. The van der Waals surface area contributed by atoms with Crippen molar-refractivity contribution in [1.82, 2.24) is 15.5 Å². The van der Waals surface area contributed by atoms with Gasteiger partial charge in [0.2, 0.25) is 17.6 Å². The number of nitrogens with one attached hydrogen (secondary N) is 1. The SMILES string of the molecule is Cc1ccc(-c2noc(CNC(=O)Cc3cccc(Cl)c3)n2)cc1. The van der Waals surface area contributed by atoms with E-state index in [2.05, 4.69) is 15.5 Å². The maximum atomic E-state index is 12.0. The van der Waals surface area contributed by atoms with Gasteiger partial charge in [0.1, 0.15) is 0 Å². The lowest BCUT2D eigenvalue weighted by molar-refractivity contribution is -0.120. The summed E-state index contributed by atoms with van der Waals surface area (Å²) in [5, 5.41) is 7.31. The number of hydrogen-bond donors (Lipinski definition) is 1. The third kappa shape index (κ3) is 4.20. The van der Waals surface area contributed by atoms with Crippen molar-refractivity contribution in [3.05, 3.63) is 70.6 Å². The molecule has 1 aromatic heterocycles. The van der Waals surface area contributed by atoms with E-state index in [1.165, 1.54) is 0 Å². The summed E-state index contributed by atoms with van der Waals surface area (Å²) < 4.78 is 5.17. The molecule has 6 heteroatoms. The van der Waals surface area contributed by atoms with Gasteiger partial charge in [0.05, 0.1) is 13.0 Å². The van der Waals surface area contributed by atoms with E-state index in [-0.39, 0.29) is 18.9 Å². The Hall–Kier alpha value is -2.66. The lowest BCUT2D eigenvalue weighted by Gasteiger charge is -2.03. The van der Waals surface area contributed by atoms with Gasteiger partial charge in [-0.15, -0.1) is 0 Å². The number of rotatable bonds is 5. The van der Waals surface area contributed by atoms with Crippen LogP contribution in [0.5, 0.6) is 0 Å². The minimum Gasteiger partial charge on any atom is -0.347 e. The van der Waals surface area contributed by atoms with Crippen LogP contribution in [0.4, 0.5) is 0 Å². The molecule has 1 N–H and O–H groups in total. The zero-order valence-corrected chi connectivity index (χ0v) is 13.9. The summed E-state index contributed by atoms with van der Waals surface area (Å²) in [5.41, 5.74) is 2.89. The number of halogens is 1. The molecule has 0 saturated heterocycles. The van der Waals surface area contributed by atoms with Gasteiger partial charge < -0.3 is 9.84 Å². The van der Waals surface area contributed by atoms with E-state index in [4.69, 9.17) is 16.1 Å². The maximum absolute atomic E-state index is 12.0. The smallest absolute Gasteiger partial charge is 0.246 e. The molecule has 0 aliphatic carbocycles. The summed E-state index contributed by atoms with van der Waals surface area (Å²) in [4.78, 5) is 16.3. The highest BCUT2D eigenvalue weighted by molar-refractivity contribution is 6.30. The topological polar surface area (TPSA) is 68.0 Å². The first kappa shape index (κ1) is 16.2. The molecule has 0 aliphatic rings. The Kier molecular flexibility index (Phi) is 4.91. The zero-order chi connectivity index (χ0) is 16.9. The predicted octanol–water partition coefficient (Wildman–Crippen LogP) is 3.56. The summed E-state index contributed by atoms with van der Waals surface area (Å²) in [6.07, 6.45) is 0.250. The van der Waals surface area contributed by atoms with Gasteiger partial charge in [0, 0.05) is 10.6 Å². The van der Waals surface area contributed by atoms with Crippen molar-refractivity contribution >= 4 is 17.5 Å². The van der Waals surface area contributed by atoms with Crippen molar-refractivity contribution in [2.75, 3.05) is 0 Å². The fourth-order valence-electron chi connectivity index (χ4n) is 2.22. The van der Waals surface area contributed by atoms with Gasteiger partial charge >= 0.3 is 0 Å². The molecule has 1 heterocycles. The quantitative estimate of drug-likeness (QED) is 0.770. The van der Waals surface area contributed by atoms with Gasteiger partial charge in [-0.3, -0.25) is 4.79 Å². The highest BCUT2D eigenvalue weighted by atomic mass is 35.5. The number of aromatic nitrogens is 2. The third-order valence-electron chi connectivity index (χ3n) is 3.47. The van der Waals surface area contributed by atoms with Gasteiger partial charge in [-0.25, -0.2) is 0 Å². The van der Waals surface area contributed by atoms with Crippen LogP contribution in [0.1, 0.15) is 17.0 Å². The van der Waals surface area contributed by atoms with E-state index in [1.807, 2.05) is 43.3 Å². The average molecular weight is 342 g/mol. The van der Waals surface area contributed by atoms with Gasteiger partial charge in [0.15, 0.2) is 0 Å². The van der Waals surface area contributed by atoms with E-state index < -0.39 is 0 Å². The molecule has 0 aliphatic heterocycles. The highest BCUT2D eigenvalue weighted by Crippen LogP contribution is 2.16. The molecule has 0 radical (unpaired) electrons. The fraction of sp³-hybridized carbons (Fsp3) is 0.167. The molecule has 24 heavy (non-hydrogen) atoms. The van der Waals surface area contributed by atoms with Crippen molar-refractivity contribution in [2.24, 2.45) is 0 Å². The van der Waals surface area contributed by atoms with Crippen LogP contribution in [0.25, 0.3) is 11.4 Å². The van der Waals surface area contributed by atoms with Crippen LogP contribution in [-0.2, 0) is 17.8 Å². The number of carbonyl (C=O) groups is 1. The van der Waals surface area contributed by atoms with E-state index in [9.17, 15) is 4.79 Å². The van der Waals surface area contributed by atoms with Gasteiger partial charge in [0.25, 0.3) is 0 Å². The van der Waals surface area contributed by atoms with Crippen LogP contribution in [0.2, 0.25) is 5.02 Å². The number of benzene rings is 2. The Labute approximate surface area is 144 Å². The van der Waals surface area contributed by atoms with Crippen molar-refractivity contribution in [2.45, 2.75) is 19.9 Å². The van der Waals surface area contributed by atoms with Gasteiger partial charge in [-0.05, 0) is 24.6 Å². The molecule has 1 amide bonds. The standard InChI is InChI=1S/C18H16ClN3O2/c1-12-5-7-14(8-6-12)18-21-17(24-22-18)11-20-16(23)10-13-3-2-4-15(19)9-13/h2-9H,10-11H2,1H3,(H,20,23). The van der Waals surface area contributed by atoms with Gasteiger partial charge in [-0.2, -0.15) is 4.98 Å². The van der Waals surface area contributed by atoms with E-state index in [1.54, 1.807) is 12.1 Å². The lowest BCUT2D eigenvalue weighted by Crippen LogP contribution is -2.24. The number of amides is 1. The average Bonchev–Trinajstić information content (AvgIpc) is 3.03. The summed E-state index contributed by atoms with van der Waals surface area (Å²) in [5.74, 6) is 0.742. The normalized spacial score (nSPS) is 10.6. The van der Waals surface area contributed by atoms with Crippen molar-refractivity contribution in [1.29, 1.82) is 0 Å². The summed E-state index contributed by atoms with van der Waals surface area (Å²) >= 11 is 5.91. The maximum Gasteiger partial charge on any atom is 0.246 e. The fourth-order valence-corrected chi connectivity index (χ4v) is 2.43. The van der Waals surface area contributed by atoms with E-state index >= 15 is 0 Å². The second kappa shape index (κ2) is 7.27. The molecule has 5 nitrogen and oxygen atoms in total. The molecule has 0 spiro atoms. The molecule has 0 fully saturated rings. The first-order valence-electron chi connectivity index (χ1n) is 7.51. The van der Waals surface area contributed by atoms with E-state index in [0.29, 0.717) is 16.7 Å². The first-order valence-corrected chi connectivity index (χ1v) is 7.89. The minimum absolute atomic E-state index is 0.132. The number of hydrogen-bond acceptors (Lipinski definition) is 4. The molecule has 3 rings (SSSR count). The Morgan fingerprint density at radius 3 is 2.75 bits per heavy atom. The van der Waals surface area contributed by atoms with Crippen LogP contribution < -0.4 is 5.32 Å². The molecule has 2 aromatic carbocycles. The van der Waals surface area contributed by atoms with Crippen LogP contribution in [0.15, 0.2) is 53.1 Å². The Balaban J connectivity index is 1.57. The monoisotopic (exact) mass is 341 g/mol. The Morgan fingerprint density at radius 2 is 2.00 bits per heavy atom. The van der Waals surface area contributed by atoms with Crippen LogP contribution in [0, 0.1) is 6.92 Å². The van der Waals surface area contributed by atoms with Crippen LogP contribution in [0.3, 0.4) is 0 Å².